The molecule has 0 bridgehead atoms. The zero-order valence-corrected chi connectivity index (χ0v) is 13.6. The average Bonchev–Trinajstić information content (AvgIpc) is 2.47. The van der Waals surface area contributed by atoms with Gasteiger partial charge in [0.1, 0.15) is 6.54 Å². The Morgan fingerprint density at radius 1 is 1.23 bits per heavy atom. The first-order valence-corrected chi connectivity index (χ1v) is 8.83. The van der Waals surface area contributed by atoms with E-state index in [4.69, 9.17) is 10.8 Å². The minimum atomic E-state index is -3.70. The number of aliphatic carboxylic acids is 1. The molecule has 0 saturated heterocycles. The van der Waals surface area contributed by atoms with Gasteiger partial charge in [-0.2, -0.15) is 4.72 Å². The fraction of sp³-hybridized carbons (Fsp3) is 0.533. The van der Waals surface area contributed by atoms with Crippen LogP contribution in [0.15, 0.2) is 29.2 Å². The summed E-state index contributed by atoms with van der Waals surface area (Å²) in [7, 11) is -3.70. The molecule has 0 unspecified atom stereocenters. The largest absolute Gasteiger partial charge is 0.480 e. The highest BCUT2D eigenvalue weighted by Gasteiger charge is 2.14. The van der Waals surface area contributed by atoms with E-state index in [-0.39, 0.29) is 4.90 Å². The van der Waals surface area contributed by atoms with Crippen molar-refractivity contribution in [3.8, 4) is 0 Å². The molecule has 0 aliphatic heterocycles. The maximum absolute atomic E-state index is 11.5. The molecular weight excluding hydrogens is 304 g/mol. The van der Waals surface area contributed by atoms with E-state index in [9.17, 15) is 13.2 Å². The number of carboxylic acid groups (broad SMARTS) is 1. The molecule has 1 aromatic rings. The summed E-state index contributed by atoms with van der Waals surface area (Å²) in [6.07, 6.45) is 6.66. The zero-order valence-electron chi connectivity index (χ0n) is 12.8. The Kier molecular flexibility index (Phi) is 7.50. The molecule has 22 heavy (non-hydrogen) atoms. The van der Waals surface area contributed by atoms with Gasteiger partial charge in [-0.1, -0.05) is 37.0 Å². The Morgan fingerprint density at radius 3 is 2.18 bits per heavy atom. The number of rotatable bonds is 4. The molecule has 0 spiro atoms. The second-order valence-corrected chi connectivity index (χ2v) is 7.20. The van der Waals surface area contributed by atoms with Gasteiger partial charge in [0.2, 0.25) is 10.0 Å². The highest BCUT2D eigenvalue weighted by molar-refractivity contribution is 7.89. The van der Waals surface area contributed by atoms with E-state index in [1.807, 2.05) is 11.6 Å². The Labute approximate surface area is 131 Å². The molecule has 1 aliphatic rings. The van der Waals surface area contributed by atoms with Crippen molar-refractivity contribution in [3.05, 3.63) is 29.8 Å². The summed E-state index contributed by atoms with van der Waals surface area (Å²) in [5.41, 5.74) is 6.57. The van der Waals surface area contributed by atoms with Gasteiger partial charge in [-0.3, -0.25) is 4.79 Å². The van der Waals surface area contributed by atoms with E-state index in [1.54, 1.807) is 12.1 Å². The van der Waals surface area contributed by atoms with Crippen LogP contribution in [0.5, 0.6) is 0 Å². The number of aryl methyl sites for hydroxylation is 1. The summed E-state index contributed by atoms with van der Waals surface area (Å²) in [5, 5.41) is 8.34. The van der Waals surface area contributed by atoms with Crippen molar-refractivity contribution >= 4 is 16.0 Å². The molecule has 0 aromatic heterocycles. The number of nitrogens with one attached hydrogen (secondary N) is 1. The van der Waals surface area contributed by atoms with Gasteiger partial charge in [-0.15, -0.1) is 0 Å². The third-order valence-corrected chi connectivity index (χ3v) is 4.81. The lowest BCUT2D eigenvalue weighted by atomic mass is 9.97. The van der Waals surface area contributed by atoms with Gasteiger partial charge >= 0.3 is 5.97 Å². The fourth-order valence-electron chi connectivity index (χ4n) is 2.09. The molecule has 6 nitrogen and oxygen atoms in total. The van der Waals surface area contributed by atoms with Crippen LogP contribution in [0.2, 0.25) is 0 Å². The number of nitrogens with two attached hydrogens (primary N) is 1. The van der Waals surface area contributed by atoms with Crippen molar-refractivity contribution in [2.75, 3.05) is 6.54 Å². The Bertz CT molecular complexity index is 564. The van der Waals surface area contributed by atoms with E-state index >= 15 is 0 Å². The highest BCUT2D eigenvalue weighted by atomic mass is 32.2. The Morgan fingerprint density at radius 2 is 1.77 bits per heavy atom. The molecule has 1 aliphatic carbocycles. The lowest BCUT2D eigenvalue weighted by Gasteiger charge is -2.15. The number of hydrogen-bond acceptors (Lipinski definition) is 4. The van der Waals surface area contributed by atoms with Crippen molar-refractivity contribution in [3.63, 3.8) is 0 Å². The average molecular weight is 328 g/mol. The van der Waals surface area contributed by atoms with E-state index < -0.39 is 22.5 Å². The predicted octanol–water partition coefficient (Wildman–Crippen LogP) is 1.64. The summed E-state index contributed by atoms with van der Waals surface area (Å²) < 4.78 is 24.9. The van der Waals surface area contributed by atoms with Gasteiger partial charge in [-0.05, 0) is 31.9 Å². The predicted molar refractivity (Wildman–Crippen MR) is 85.1 cm³/mol. The summed E-state index contributed by atoms with van der Waals surface area (Å²) in [4.78, 5) is 10.3. The second-order valence-electron chi connectivity index (χ2n) is 5.43. The standard InChI is InChI=1S/C9H11NO4S.C6H13N/c1-7-2-4-8(5-3-7)15(13,14)10-6-9(11)12;7-6-4-2-1-3-5-6/h2-5,10H,6H2,1H3,(H,11,12);6H,1-5,7H2. The number of sulfonamides is 1. The van der Waals surface area contributed by atoms with Crippen LogP contribution in [0, 0.1) is 6.92 Å². The molecule has 124 valence electrons. The third kappa shape index (κ3) is 7.02. The lowest BCUT2D eigenvalue weighted by molar-refractivity contribution is -0.135. The quantitative estimate of drug-likeness (QED) is 0.778. The summed E-state index contributed by atoms with van der Waals surface area (Å²) >= 11 is 0. The van der Waals surface area contributed by atoms with E-state index in [1.165, 1.54) is 44.2 Å². The maximum atomic E-state index is 11.5. The molecule has 2 rings (SSSR count). The van der Waals surface area contributed by atoms with Crippen LogP contribution in [-0.2, 0) is 14.8 Å². The third-order valence-electron chi connectivity index (χ3n) is 3.39. The normalized spacial score (nSPS) is 15.7. The van der Waals surface area contributed by atoms with Crippen molar-refractivity contribution < 1.29 is 18.3 Å². The summed E-state index contributed by atoms with van der Waals surface area (Å²) in [5.74, 6) is -1.22. The molecule has 1 saturated carbocycles. The molecule has 7 heteroatoms. The Balaban J connectivity index is 0.000000287. The molecule has 1 fully saturated rings. The highest BCUT2D eigenvalue weighted by Crippen LogP contribution is 2.14. The first-order chi connectivity index (χ1) is 10.3. The van der Waals surface area contributed by atoms with E-state index in [2.05, 4.69) is 0 Å². The zero-order chi connectivity index (χ0) is 16.6. The lowest BCUT2D eigenvalue weighted by Crippen LogP contribution is -2.29. The van der Waals surface area contributed by atoms with Gasteiger partial charge in [0.15, 0.2) is 0 Å². The van der Waals surface area contributed by atoms with Crippen LogP contribution in [0.4, 0.5) is 0 Å². The van der Waals surface area contributed by atoms with Crippen LogP contribution >= 0.6 is 0 Å². The first-order valence-electron chi connectivity index (χ1n) is 7.35. The number of hydrogen-bond donors (Lipinski definition) is 3. The van der Waals surface area contributed by atoms with Gasteiger partial charge in [0.25, 0.3) is 0 Å². The van der Waals surface area contributed by atoms with Crippen LogP contribution < -0.4 is 10.5 Å². The van der Waals surface area contributed by atoms with E-state index in [0.717, 1.165) is 5.56 Å². The smallest absolute Gasteiger partial charge is 0.318 e. The van der Waals surface area contributed by atoms with Gasteiger partial charge in [0.05, 0.1) is 4.90 Å². The molecular formula is C15H24N2O4S. The van der Waals surface area contributed by atoms with Crippen LogP contribution in [0.3, 0.4) is 0 Å². The van der Waals surface area contributed by atoms with Crippen molar-refractivity contribution in [2.24, 2.45) is 5.73 Å². The number of benzene rings is 1. The molecule has 1 aromatic carbocycles. The monoisotopic (exact) mass is 328 g/mol. The molecule has 0 heterocycles. The van der Waals surface area contributed by atoms with Gasteiger partial charge in [0, 0.05) is 6.04 Å². The number of carboxylic acids is 1. The first kappa shape index (κ1) is 18.6. The van der Waals surface area contributed by atoms with Crippen molar-refractivity contribution in [1.29, 1.82) is 0 Å². The minimum Gasteiger partial charge on any atom is -0.480 e. The molecule has 0 amide bonds. The van der Waals surface area contributed by atoms with Crippen LogP contribution in [-0.4, -0.2) is 32.1 Å². The summed E-state index contributed by atoms with van der Waals surface area (Å²) in [6.45, 7) is 1.22. The SMILES string of the molecule is Cc1ccc(S(=O)(=O)NCC(=O)O)cc1.NC1CCCCC1. The molecule has 0 atom stereocenters. The number of carbonyl (C=O) groups is 1. The van der Waals surface area contributed by atoms with E-state index in [0.29, 0.717) is 6.04 Å². The van der Waals surface area contributed by atoms with Crippen molar-refractivity contribution in [2.45, 2.75) is 50.0 Å². The maximum Gasteiger partial charge on any atom is 0.318 e. The van der Waals surface area contributed by atoms with Crippen LogP contribution in [0.1, 0.15) is 37.7 Å². The molecule has 0 radical (unpaired) electrons. The minimum absolute atomic E-state index is 0.0642. The van der Waals surface area contributed by atoms with Crippen molar-refractivity contribution in [1.82, 2.24) is 4.72 Å². The Hall–Kier alpha value is -1.44. The molecule has 4 N–H and O–H groups in total. The van der Waals surface area contributed by atoms with Gasteiger partial charge in [-0.25, -0.2) is 8.42 Å². The van der Waals surface area contributed by atoms with Crippen LogP contribution in [0.25, 0.3) is 0 Å². The summed E-state index contributed by atoms with van der Waals surface area (Å²) in [6, 6.07) is 6.69. The second kappa shape index (κ2) is 8.87. The topological polar surface area (TPSA) is 109 Å². The fourth-order valence-corrected chi connectivity index (χ4v) is 3.07. The van der Waals surface area contributed by atoms with Gasteiger partial charge < -0.3 is 10.8 Å².